The summed E-state index contributed by atoms with van der Waals surface area (Å²) in [6.45, 7) is 8.03. The summed E-state index contributed by atoms with van der Waals surface area (Å²) in [7, 11) is 0. The van der Waals surface area contributed by atoms with Crippen molar-refractivity contribution in [1.82, 2.24) is 15.0 Å². The number of hydrogen-bond donors (Lipinski definition) is 0. The summed E-state index contributed by atoms with van der Waals surface area (Å²) in [5.41, 5.74) is 0. The second kappa shape index (κ2) is 6.83. The minimum absolute atomic E-state index is 0.173. The van der Waals surface area contributed by atoms with Crippen molar-refractivity contribution in [3.8, 4) is 0 Å². The number of carbonyl (C=O) groups is 1. The Kier molecular flexibility index (Phi) is 5.11. The molecule has 0 N–H and O–H groups in total. The highest BCUT2D eigenvalue weighted by molar-refractivity contribution is 5.76. The van der Waals surface area contributed by atoms with Gasteiger partial charge in [-0.3, -0.25) is 4.79 Å². The van der Waals surface area contributed by atoms with Gasteiger partial charge in [0.1, 0.15) is 0 Å². The van der Waals surface area contributed by atoms with E-state index in [1.807, 2.05) is 25.7 Å². The van der Waals surface area contributed by atoms with Crippen molar-refractivity contribution in [1.29, 1.82) is 0 Å². The second-order valence-corrected chi connectivity index (χ2v) is 5.57. The highest BCUT2D eigenvalue weighted by Gasteiger charge is 2.23. The minimum Gasteiger partial charge on any atom is -0.377 e. The van der Waals surface area contributed by atoms with Gasteiger partial charge in [0.25, 0.3) is 0 Å². The van der Waals surface area contributed by atoms with Gasteiger partial charge in [-0.25, -0.2) is 0 Å². The topological polar surface area (TPSA) is 68.5 Å². The molecule has 1 aliphatic heterocycles. The lowest BCUT2D eigenvalue weighted by Crippen LogP contribution is -2.47. The van der Waals surface area contributed by atoms with Gasteiger partial charge >= 0.3 is 0 Å². The molecule has 1 aliphatic rings. The summed E-state index contributed by atoms with van der Waals surface area (Å²) in [6, 6.07) is 0.173. The Balaban J connectivity index is 1.75. The zero-order valence-electron chi connectivity index (χ0n) is 12.5. The van der Waals surface area contributed by atoms with E-state index < -0.39 is 0 Å². The molecule has 2 rings (SSSR count). The summed E-state index contributed by atoms with van der Waals surface area (Å²) in [6.07, 6.45) is 1.91. The van der Waals surface area contributed by atoms with Crippen LogP contribution in [0.3, 0.4) is 0 Å². The fourth-order valence-corrected chi connectivity index (χ4v) is 2.24. The maximum Gasteiger partial charge on any atom is 0.226 e. The number of aryl methyl sites for hydroxylation is 1. The third kappa shape index (κ3) is 3.79. The molecule has 1 fully saturated rings. The quantitative estimate of drug-likeness (QED) is 0.822. The molecular weight excluding hydrogens is 258 g/mol. The molecule has 1 aromatic heterocycles. The van der Waals surface area contributed by atoms with Crippen LogP contribution in [-0.4, -0.2) is 46.7 Å². The Morgan fingerprint density at radius 2 is 2.30 bits per heavy atom. The van der Waals surface area contributed by atoms with Crippen LogP contribution < -0.4 is 0 Å². The van der Waals surface area contributed by atoms with Crippen LogP contribution in [0.2, 0.25) is 0 Å². The molecule has 2 heterocycles. The van der Waals surface area contributed by atoms with Crippen molar-refractivity contribution in [3.05, 3.63) is 11.7 Å². The largest absolute Gasteiger partial charge is 0.377 e. The lowest BCUT2D eigenvalue weighted by molar-refractivity contribution is -0.139. The average molecular weight is 281 g/mol. The molecular formula is C14H23N3O3. The summed E-state index contributed by atoms with van der Waals surface area (Å²) in [5, 5.41) is 3.92. The first-order chi connectivity index (χ1) is 9.58. The smallest absolute Gasteiger partial charge is 0.226 e. The van der Waals surface area contributed by atoms with Crippen LogP contribution in [0.25, 0.3) is 0 Å². The molecule has 0 aliphatic carbocycles. The lowest BCUT2D eigenvalue weighted by Gasteiger charge is -2.33. The van der Waals surface area contributed by atoms with Crippen LogP contribution in [0.4, 0.5) is 0 Å². The molecule has 1 amide bonds. The van der Waals surface area contributed by atoms with Crippen molar-refractivity contribution in [2.75, 3.05) is 19.8 Å². The predicted molar refractivity (Wildman–Crippen MR) is 73.3 cm³/mol. The van der Waals surface area contributed by atoms with E-state index >= 15 is 0 Å². The molecule has 1 unspecified atom stereocenters. The number of nitrogens with zero attached hydrogens (tertiary/aromatic N) is 3. The molecule has 1 aromatic rings. The van der Waals surface area contributed by atoms with Gasteiger partial charge in [0.2, 0.25) is 11.8 Å². The molecule has 0 saturated carbocycles. The number of carbonyl (C=O) groups excluding carboxylic acids is 1. The Hall–Kier alpha value is -1.43. The number of hydrogen-bond acceptors (Lipinski definition) is 5. The van der Waals surface area contributed by atoms with E-state index in [2.05, 4.69) is 10.1 Å². The van der Waals surface area contributed by atoms with Crippen molar-refractivity contribution in [3.63, 3.8) is 0 Å². The number of morpholine rings is 1. The first-order valence-electron chi connectivity index (χ1n) is 7.27. The van der Waals surface area contributed by atoms with Crippen LogP contribution in [0.1, 0.15) is 51.2 Å². The standard InChI is InChI=1S/C14H23N3O3/c1-10(2)14-15-12(20-16-14)5-4-6-13(18)17-7-8-19-9-11(17)3/h10-11H,4-9H2,1-3H3. The van der Waals surface area contributed by atoms with Gasteiger partial charge in [-0.2, -0.15) is 4.98 Å². The summed E-state index contributed by atoms with van der Waals surface area (Å²) in [5.74, 6) is 1.80. The van der Waals surface area contributed by atoms with E-state index in [9.17, 15) is 4.79 Å². The SMILES string of the molecule is CC(C)c1noc(CCCC(=O)N2CCOCC2C)n1. The highest BCUT2D eigenvalue weighted by atomic mass is 16.5. The lowest BCUT2D eigenvalue weighted by atomic mass is 10.1. The Morgan fingerprint density at radius 1 is 1.50 bits per heavy atom. The summed E-state index contributed by atoms with van der Waals surface area (Å²) >= 11 is 0. The molecule has 0 radical (unpaired) electrons. The molecule has 0 spiro atoms. The fraction of sp³-hybridized carbons (Fsp3) is 0.786. The molecule has 6 heteroatoms. The van der Waals surface area contributed by atoms with E-state index in [0.29, 0.717) is 38.5 Å². The number of rotatable bonds is 5. The summed E-state index contributed by atoms with van der Waals surface area (Å²) < 4.78 is 10.5. The first-order valence-corrected chi connectivity index (χ1v) is 7.27. The third-order valence-corrected chi connectivity index (χ3v) is 3.47. The van der Waals surface area contributed by atoms with Gasteiger partial charge in [0.15, 0.2) is 5.82 Å². The van der Waals surface area contributed by atoms with E-state index in [-0.39, 0.29) is 17.9 Å². The van der Waals surface area contributed by atoms with Crippen LogP contribution >= 0.6 is 0 Å². The maximum absolute atomic E-state index is 12.1. The molecule has 112 valence electrons. The van der Waals surface area contributed by atoms with Crippen molar-refractivity contribution in [2.45, 2.75) is 52.0 Å². The van der Waals surface area contributed by atoms with Crippen LogP contribution in [0.15, 0.2) is 4.52 Å². The van der Waals surface area contributed by atoms with Crippen LogP contribution in [0, 0.1) is 0 Å². The van der Waals surface area contributed by atoms with E-state index in [4.69, 9.17) is 9.26 Å². The molecule has 0 bridgehead atoms. The third-order valence-electron chi connectivity index (χ3n) is 3.47. The maximum atomic E-state index is 12.1. The number of aromatic nitrogens is 2. The summed E-state index contributed by atoms with van der Waals surface area (Å²) in [4.78, 5) is 18.3. The average Bonchev–Trinajstić information content (AvgIpc) is 2.88. The van der Waals surface area contributed by atoms with Crippen LogP contribution in [0.5, 0.6) is 0 Å². The van der Waals surface area contributed by atoms with Gasteiger partial charge in [-0.1, -0.05) is 19.0 Å². The zero-order chi connectivity index (χ0) is 14.5. The molecule has 0 aromatic carbocycles. The molecule has 20 heavy (non-hydrogen) atoms. The normalized spacial score (nSPS) is 19.6. The highest BCUT2D eigenvalue weighted by Crippen LogP contribution is 2.13. The van der Waals surface area contributed by atoms with Crippen molar-refractivity contribution >= 4 is 5.91 Å². The number of amides is 1. The van der Waals surface area contributed by atoms with E-state index in [1.165, 1.54) is 0 Å². The number of ether oxygens (including phenoxy) is 1. The Labute approximate surface area is 119 Å². The predicted octanol–water partition coefficient (Wildman–Crippen LogP) is 1.76. The monoisotopic (exact) mass is 281 g/mol. The van der Waals surface area contributed by atoms with E-state index in [1.54, 1.807) is 0 Å². The van der Waals surface area contributed by atoms with Gasteiger partial charge in [0.05, 0.1) is 19.3 Å². The van der Waals surface area contributed by atoms with Gasteiger partial charge in [0, 0.05) is 25.3 Å². The van der Waals surface area contributed by atoms with Crippen molar-refractivity contribution < 1.29 is 14.1 Å². The Bertz CT molecular complexity index is 445. The minimum atomic E-state index is 0.173. The van der Waals surface area contributed by atoms with Gasteiger partial charge in [-0.05, 0) is 13.3 Å². The zero-order valence-corrected chi connectivity index (χ0v) is 12.5. The first kappa shape index (κ1) is 15.0. The van der Waals surface area contributed by atoms with Gasteiger partial charge < -0.3 is 14.2 Å². The molecule has 1 saturated heterocycles. The van der Waals surface area contributed by atoms with Gasteiger partial charge in [-0.15, -0.1) is 0 Å². The van der Waals surface area contributed by atoms with Crippen LogP contribution in [-0.2, 0) is 16.0 Å². The fourth-order valence-electron chi connectivity index (χ4n) is 2.24. The Morgan fingerprint density at radius 3 is 2.95 bits per heavy atom. The molecule has 6 nitrogen and oxygen atoms in total. The van der Waals surface area contributed by atoms with Crippen molar-refractivity contribution in [2.24, 2.45) is 0 Å². The van der Waals surface area contributed by atoms with E-state index in [0.717, 1.165) is 12.2 Å². The molecule has 1 atom stereocenters. The second-order valence-electron chi connectivity index (χ2n) is 5.57.